The molecule has 116 valence electrons. The lowest BCUT2D eigenvalue weighted by Crippen LogP contribution is -2.22. The average molecular weight is 325 g/mol. The van der Waals surface area contributed by atoms with Crippen LogP contribution in [0.1, 0.15) is 23.2 Å². The van der Waals surface area contributed by atoms with Gasteiger partial charge in [-0.25, -0.2) is 9.97 Å². The third-order valence-corrected chi connectivity index (χ3v) is 5.20. The van der Waals surface area contributed by atoms with Crippen LogP contribution in [0.25, 0.3) is 10.2 Å². The number of nitrogens with zero attached hydrogens (tertiary/aromatic N) is 3. The lowest BCUT2D eigenvalue weighted by molar-refractivity contribution is 0.340. The van der Waals surface area contributed by atoms with E-state index < -0.39 is 0 Å². The van der Waals surface area contributed by atoms with E-state index in [0.717, 1.165) is 41.9 Å². The standard InChI is InChI=1S/C15H24N4S2/c1-6-16-14-13-10(2)11(3)21-15(13)18-12(17-14)9-19(4)7-8-20-5/h6-9H2,1-5H3,(H,16,17,18). The lowest BCUT2D eigenvalue weighted by Gasteiger charge is -2.15. The van der Waals surface area contributed by atoms with Crippen molar-refractivity contribution in [2.75, 3.05) is 37.5 Å². The second-order valence-corrected chi connectivity index (χ2v) is 7.40. The Morgan fingerprint density at radius 1 is 1.29 bits per heavy atom. The topological polar surface area (TPSA) is 41.1 Å². The predicted octanol–water partition coefficient (Wildman–Crippen LogP) is 3.53. The molecule has 6 heteroatoms. The molecule has 0 aliphatic carbocycles. The van der Waals surface area contributed by atoms with Gasteiger partial charge in [-0.3, -0.25) is 4.90 Å². The molecule has 0 fully saturated rings. The highest BCUT2D eigenvalue weighted by Crippen LogP contribution is 2.33. The number of rotatable bonds is 7. The van der Waals surface area contributed by atoms with E-state index >= 15 is 0 Å². The van der Waals surface area contributed by atoms with Crippen molar-refractivity contribution >= 4 is 39.1 Å². The molecule has 2 heterocycles. The van der Waals surface area contributed by atoms with Crippen LogP contribution in [0.15, 0.2) is 0 Å². The van der Waals surface area contributed by atoms with Crippen LogP contribution in [-0.4, -0.2) is 47.0 Å². The van der Waals surface area contributed by atoms with Gasteiger partial charge in [0.2, 0.25) is 0 Å². The normalized spacial score (nSPS) is 11.5. The van der Waals surface area contributed by atoms with Gasteiger partial charge in [-0.05, 0) is 39.6 Å². The summed E-state index contributed by atoms with van der Waals surface area (Å²) in [7, 11) is 2.13. The van der Waals surface area contributed by atoms with Gasteiger partial charge in [0.15, 0.2) is 0 Å². The molecule has 0 aliphatic rings. The fraction of sp³-hybridized carbons (Fsp3) is 0.600. The number of thiophene rings is 1. The van der Waals surface area contributed by atoms with Crippen LogP contribution in [0.2, 0.25) is 0 Å². The second-order valence-electron chi connectivity index (χ2n) is 5.21. The Bertz CT molecular complexity index is 609. The molecule has 0 unspecified atom stereocenters. The van der Waals surface area contributed by atoms with Gasteiger partial charge in [-0.1, -0.05) is 0 Å². The second kappa shape index (κ2) is 7.42. The lowest BCUT2D eigenvalue weighted by atomic mass is 10.2. The molecule has 21 heavy (non-hydrogen) atoms. The maximum Gasteiger partial charge on any atom is 0.146 e. The van der Waals surface area contributed by atoms with Crippen LogP contribution < -0.4 is 5.32 Å². The number of nitrogens with one attached hydrogen (secondary N) is 1. The molecule has 0 amide bonds. The van der Waals surface area contributed by atoms with E-state index in [0.29, 0.717) is 0 Å². The summed E-state index contributed by atoms with van der Waals surface area (Å²) in [6, 6.07) is 0. The van der Waals surface area contributed by atoms with Crippen molar-refractivity contribution in [2.24, 2.45) is 0 Å². The summed E-state index contributed by atoms with van der Waals surface area (Å²) in [5.41, 5.74) is 1.30. The van der Waals surface area contributed by atoms with Gasteiger partial charge < -0.3 is 5.32 Å². The van der Waals surface area contributed by atoms with Crippen LogP contribution >= 0.6 is 23.1 Å². The SMILES string of the molecule is CCNc1nc(CN(C)CCSC)nc2sc(C)c(C)c12. The van der Waals surface area contributed by atoms with E-state index in [4.69, 9.17) is 9.97 Å². The smallest absolute Gasteiger partial charge is 0.146 e. The molecular formula is C15H24N4S2. The van der Waals surface area contributed by atoms with Crippen molar-refractivity contribution < 1.29 is 0 Å². The molecule has 0 bridgehead atoms. The van der Waals surface area contributed by atoms with Crippen molar-refractivity contribution in [3.05, 3.63) is 16.3 Å². The molecule has 0 spiro atoms. The van der Waals surface area contributed by atoms with Crippen LogP contribution in [0, 0.1) is 13.8 Å². The Morgan fingerprint density at radius 3 is 2.71 bits per heavy atom. The maximum atomic E-state index is 4.77. The highest BCUT2D eigenvalue weighted by molar-refractivity contribution is 7.98. The Morgan fingerprint density at radius 2 is 2.05 bits per heavy atom. The van der Waals surface area contributed by atoms with E-state index in [9.17, 15) is 0 Å². The largest absolute Gasteiger partial charge is 0.370 e. The zero-order valence-corrected chi connectivity index (χ0v) is 15.1. The van der Waals surface area contributed by atoms with Gasteiger partial charge in [0.05, 0.1) is 11.9 Å². The van der Waals surface area contributed by atoms with Crippen molar-refractivity contribution in [3.63, 3.8) is 0 Å². The number of fused-ring (bicyclic) bond motifs is 1. The number of hydrogen-bond donors (Lipinski definition) is 1. The summed E-state index contributed by atoms with van der Waals surface area (Å²) in [6.07, 6.45) is 2.14. The first kappa shape index (κ1) is 16.5. The van der Waals surface area contributed by atoms with Crippen LogP contribution in [0.3, 0.4) is 0 Å². The first-order valence-corrected chi connectivity index (χ1v) is 9.45. The molecule has 0 radical (unpaired) electrons. The number of aryl methyl sites for hydroxylation is 2. The molecule has 2 rings (SSSR count). The van der Waals surface area contributed by atoms with Crippen LogP contribution in [-0.2, 0) is 6.54 Å². The van der Waals surface area contributed by atoms with Crippen molar-refractivity contribution in [2.45, 2.75) is 27.3 Å². The Balaban J connectivity index is 2.33. The molecule has 0 aliphatic heterocycles. The highest BCUT2D eigenvalue weighted by Gasteiger charge is 2.14. The molecule has 0 saturated heterocycles. The molecule has 4 nitrogen and oxygen atoms in total. The molecule has 2 aromatic heterocycles. The van der Waals surface area contributed by atoms with E-state index in [1.54, 1.807) is 11.3 Å². The Labute approximate surface area is 135 Å². The van der Waals surface area contributed by atoms with Gasteiger partial charge in [0.25, 0.3) is 0 Å². The number of anilines is 1. The first-order chi connectivity index (χ1) is 10.1. The summed E-state index contributed by atoms with van der Waals surface area (Å²) in [5.74, 6) is 3.02. The quantitative estimate of drug-likeness (QED) is 0.844. The van der Waals surface area contributed by atoms with E-state index in [2.05, 4.69) is 44.3 Å². The van der Waals surface area contributed by atoms with Crippen LogP contribution in [0.5, 0.6) is 0 Å². The predicted molar refractivity (Wildman–Crippen MR) is 95.8 cm³/mol. The minimum Gasteiger partial charge on any atom is -0.370 e. The van der Waals surface area contributed by atoms with Gasteiger partial charge in [-0.15, -0.1) is 11.3 Å². The van der Waals surface area contributed by atoms with Gasteiger partial charge in [0.1, 0.15) is 16.5 Å². The Kier molecular flexibility index (Phi) is 5.84. The maximum absolute atomic E-state index is 4.77. The zero-order chi connectivity index (χ0) is 15.4. The minimum absolute atomic E-state index is 0.797. The summed E-state index contributed by atoms with van der Waals surface area (Å²) in [4.78, 5) is 14.2. The third kappa shape index (κ3) is 3.87. The molecular weight excluding hydrogens is 300 g/mol. The number of hydrogen-bond acceptors (Lipinski definition) is 6. The molecule has 0 saturated carbocycles. The van der Waals surface area contributed by atoms with E-state index in [-0.39, 0.29) is 0 Å². The fourth-order valence-electron chi connectivity index (χ4n) is 2.23. The number of aromatic nitrogens is 2. The molecule has 0 aromatic carbocycles. The van der Waals surface area contributed by atoms with Gasteiger partial charge in [0, 0.05) is 23.7 Å². The van der Waals surface area contributed by atoms with Gasteiger partial charge in [-0.2, -0.15) is 11.8 Å². The highest BCUT2D eigenvalue weighted by atomic mass is 32.2. The van der Waals surface area contributed by atoms with Crippen LogP contribution in [0.4, 0.5) is 5.82 Å². The van der Waals surface area contributed by atoms with E-state index in [1.807, 2.05) is 11.8 Å². The molecule has 2 aromatic rings. The first-order valence-electron chi connectivity index (χ1n) is 7.24. The average Bonchev–Trinajstić information content (AvgIpc) is 2.72. The van der Waals surface area contributed by atoms with E-state index in [1.165, 1.54) is 15.8 Å². The fourth-order valence-corrected chi connectivity index (χ4v) is 3.77. The summed E-state index contributed by atoms with van der Waals surface area (Å²) >= 11 is 3.63. The monoisotopic (exact) mass is 324 g/mol. The zero-order valence-electron chi connectivity index (χ0n) is 13.5. The third-order valence-electron chi connectivity index (χ3n) is 3.51. The number of thioether (sulfide) groups is 1. The Hall–Kier alpha value is -0.850. The summed E-state index contributed by atoms with van der Waals surface area (Å²) in [6.45, 7) is 9.14. The van der Waals surface area contributed by atoms with Crippen molar-refractivity contribution in [3.8, 4) is 0 Å². The molecule has 0 atom stereocenters. The molecule has 1 N–H and O–H groups in total. The van der Waals surface area contributed by atoms with Crippen molar-refractivity contribution in [1.82, 2.24) is 14.9 Å². The van der Waals surface area contributed by atoms with Crippen molar-refractivity contribution in [1.29, 1.82) is 0 Å². The summed E-state index contributed by atoms with van der Waals surface area (Å²) in [5, 5.41) is 4.58. The summed E-state index contributed by atoms with van der Waals surface area (Å²) < 4.78 is 0. The minimum atomic E-state index is 0.797. The van der Waals surface area contributed by atoms with Gasteiger partial charge >= 0.3 is 0 Å².